The van der Waals surface area contributed by atoms with Gasteiger partial charge in [0, 0.05) is 30.8 Å². The third-order valence-corrected chi connectivity index (χ3v) is 2.94. The zero-order valence-corrected chi connectivity index (χ0v) is 8.29. The average Bonchev–Trinajstić information content (AvgIpc) is 2.24. The first-order valence-corrected chi connectivity index (χ1v) is 4.88. The van der Waals surface area contributed by atoms with Crippen LogP contribution in [0.1, 0.15) is 25.3 Å². The summed E-state index contributed by atoms with van der Waals surface area (Å²) in [5.74, 6) is 0.159. The fourth-order valence-corrected chi connectivity index (χ4v) is 1.83. The number of carbonyl (C=O) groups excluding carboxylic acids is 1. The number of carbonyl (C=O) groups is 1. The standard InChI is InChI=1S/C11H14N2O/c1-11(5-4-10(14)13-8-11)9-3-2-6-12-7-9/h2-3,6-7H,4-5,8H2,1H3,(H,13,14). The fraction of sp³-hybridized carbons (Fsp3) is 0.455. The molecule has 3 nitrogen and oxygen atoms in total. The molecule has 2 rings (SSSR count). The van der Waals surface area contributed by atoms with E-state index >= 15 is 0 Å². The van der Waals surface area contributed by atoms with Crippen LogP contribution in [0.4, 0.5) is 0 Å². The summed E-state index contributed by atoms with van der Waals surface area (Å²) in [7, 11) is 0. The Hall–Kier alpha value is -1.38. The van der Waals surface area contributed by atoms with Gasteiger partial charge in [-0.3, -0.25) is 9.78 Å². The van der Waals surface area contributed by atoms with Crippen molar-refractivity contribution < 1.29 is 4.79 Å². The van der Waals surface area contributed by atoms with E-state index in [9.17, 15) is 4.79 Å². The number of hydrogen-bond donors (Lipinski definition) is 1. The van der Waals surface area contributed by atoms with Gasteiger partial charge >= 0.3 is 0 Å². The summed E-state index contributed by atoms with van der Waals surface area (Å²) in [4.78, 5) is 15.2. The van der Waals surface area contributed by atoms with E-state index in [1.54, 1.807) is 6.20 Å². The molecule has 1 fully saturated rings. The Kier molecular flexibility index (Phi) is 2.23. The van der Waals surface area contributed by atoms with Crippen LogP contribution in [-0.2, 0) is 10.2 Å². The lowest BCUT2D eigenvalue weighted by Gasteiger charge is -2.33. The molecule has 1 aliphatic heterocycles. The van der Waals surface area contributed by atoms with Gasteiger partial charge in [-0.15, -0.1) is 0 Å². The van der Waals surface area contributed by atoms with Gasteiger partial charge < -0.3 is 5.32 Å². The lowest BCUT2D eigenvalue weighted by atomic mass is 9.77. The summed E-state index contributed by atoms with van der Waals surface area (Å²) in [5.41, 5.74) is 1.27. The highest BCUT2D eigenvalue weighted by Crippen LogP contribution is 2.29. The van der Waals surface area contributed by atoms with Gasteiger partial charge in [0.25, 0.3) is 0 Å². The fourth-order valence-electron chi connectivity index (χ4n) is 1.83. The molecule has 1 aromatic rings. The van der Waals surface area contributed by atoms with Crippen molar-refractivity contribution in [1.82, 2.24) is 10.3 Å². The summed E-state index contributed by atoms with van der Waals surface area (Å²) < 4.78 is 0. The number of rotatable bonds is 1. The van der Waals surface area contributed by atoms with Crippen LogP contribution in [0.3, 0.4) is 0 Å². The zero-order chi connectivity index (χ0) is 10.0. The van der Waals surface area contributed by atoms with E-state index in [0.717, 1.165) is 13.0 Å². The maximum absolute atomic E-state index is 11.1. The third kappa shape index (κ3) is 1.62. The van der Waals surface area contributed by atoms with Crippen molar-refractivity contribution >= 4 is 5.91 Å². The Morgan fingerprint density at radius 3 is 3.00 bits per heavy atom. The molecular weight excluding hydrogens is 176 g/mol. The van der Waals surface area contributed by atoms with Crippen molar-refractivity contribution in [3.05, 3.63) is 30.1 Å². The summed E-state index contributed by atoms with van der Waals surface area (Å²) in [6.07, 6.45) is 5.18. The van der Waals surface area contributed by atoms with Gasteiger partial charge in [-0.05, 0) is 18.1 Å². The molecule has 1 aliphatic rings. The Balaban J connectivity index is 2.21. The molecule has 0 spiro atoms. The summed E-state index contributed by atoms with van der Waals surface area (Å²) in [5, 5.41) is 2.90. The highest BCUT2D eigenvalue weighted by Gasteiger charge is 2.31. The summed E-state index contributed by atoms with van der Waals surface area (Å²) in [6, 6.07) is 4.02. The number of nitrogens with zero attached hydrogens (tertiary/aromatic N) is 1. The third-order valence-electron chi connectivity index (χ3n) is 2.94. The van der Waals surface area contributed by atoms with E-state index in [-0.39, 0.29) is 11.3 Å². The van der Waals surface area contributed by atoms with Gasteiger partial charge in [0.1, 0.15) is 0 Å². The van der Waals surface area contributed by atoms with Gasteiger partial charge in [0.2, 0.25) is 5.91 Å². The van der Waals surface area contributed by atoms with E-state index in [4.69, 9.17) is 0 Å². The number of nitrogens with one attached hydrogen (secondary N) is 1. The Labute approximate surface area is 83.5 Å². The Bertz CT molecular complexity index is 324. The summed E-state index contributed by atoms with van der Waals surface area (Å²) >= 11 is 0. The lowest BCUT2D eigenvalue weighted by molar-refractivity contribution is -0.123. The van der Waals surface area contributed by atoms with Crippen LogP contribution in [0.25, 0.3) is 0 Å². The molecule has 1 amide bonds. The normalized spacial score (nSPS) is 27.1. The molecule has 0 aromatic carbocycles. The molecule has 1 atom stereocenters. The van der Waals surface area contributed by atoms with Gasteiger partial charge in [0.05, 0.1) is 0 Å². The molecule has 1 unspecified atom stereocenters. The Morgan fingerprint density at radius 2 is 2.43 bits per heavy atom. The molecule has 14 heavy (non-hydrogen) atoms. The molecule has 0 saturated carbocycles. The second-order valence-corrected chi connectivity index (χ2v) is 4.08. The first kappa shape index (κ1) is 9.19. The van der Waals surface area contributed by atoms with Crippen molar-refractivity contribution in [2.75, 3.05) is 6.54 Å². The van der Waals surface area contributed by atoms with E-state index < -0.39 is 0 Å². The maximum Gasteiger partial charge on any atom is 0.220 e. The van der Waals surface area contributed by atoms with Crippen LogP contribution >= 0.6 is 0 Å². The van der Waals surface area contributed by atoms with Crippen LogP contribution < -0.4 is 5.32 Å². The highest BCUT2D eigenvalue weighted by molar-refractivity contribution is 5.77. The van der Waals surface area contributed by atoms with Crippen molar-refractivity contribution in [3.63, 3.8) is 0 Å². The van der Waals surface area contributed by atoms with E-state index in [1.165, 1.54) is 5.56 Å². The predicted molar refractivity (Wildman–Crippen MR) is 53.8 cm³/mol. The largest absolute Gasteiger partial charge is 0.355 e. The summed E-state index contributed by atoms with van der Waals surface area (Å²) in [6.45, 7) is 2.89. The molecule has 1 aromatic heterocycles. The van der Waals surface area contributed by atoms with Gasteiger partial charge in [-0.2, -0.15) is 0 Å². The minimum atomic E-state index is 0.0577. The van der Waals surface area contributed by atoms with Crippen molar-refractivity contribution in [1.29, 1.82) is 0 Å². The first-order valence-electron chi connectivity index (χ1n) is 4.88. The van der Waals surface area contributed by atoms with Crippen molar-refractivity contribution in [2.24, 2.45) is 0 Å². The van der Waals surface area contributed by atoms with Crippen LogP contribution in [-0.4, -0.2) is 17.4 Å². The highest BCUT2D eigenvalue weighted by atomic mass is 16.1. The zero-order valence-electron chi connectivity index (χ0n) is 8.29. The lowest BCUT2D eigenvalue weighted by Crippen LogP contribution is -2.44. The minimum Gasteiger partial charge on any atom is -0.355 e. The number of pyridine rings is 1. The second kappa shape index (κ2) is 3.40. The molecular formula is C11H14N2O. The second-order valence-electron chi connectivity index (χ2n) is 4.08. The van der Waals surface area contributed by atoms with Crippen LogP contribution in [0.5, 0.6) is 0 Å². The van der Waals surface area contributed by atoms with Crippen LogP contribution in [0.2, 0.25) is 0 Å². The van der Waals surface area contributed by atoms with Gasteiger partial charge in [0.15, 0.2) is 0 Å². The number of aromatic nitrogens is 1. The SMILES string of the molecule is CC1(c2cccnc2)CCC(=O)NC1. The molecule has 3 heteroatoms. The van der Waals surface area contributed by atoms with Crippen LogP contribution in [0, 0.1) is 0 Å². The van der Waals surface area contributed by atoms with E-state index in [2.05, 4.69) is 23.3 Å². The molecule has 74 valence electrons. The van der Waals surface area contributed by atoms with Crippen molar-refractivity contribution in [3.8, 4) is 0 Å². The monoisotopic (exact) mass is 190 g/mol. The number of hydrogen-bond acceptors (Lipinski definition) is 2. The minimum absolute atomic E-state index is 0.0577. The molecule has 0 radical (unpaired) electrons. The average molecular weight is 190 g/mol. The van der Waals surface area contributed by atoms with Gasteiger partial charge in [-0.1, -0.05) is 13.0 Å². The first-order chi connectivity index (χ1) is 6.71. The van der Waals surface area contributed by atoms with Gasteiger partial charge in [-0.25, -0.2) is 0 Å². The molecule has 1 N–H and O–H groups in total. The molecule has 2 heterocycles. The van der Waals surface area contributed by atoms with Crippen LogP contribution in [0.15, 0.2) is 24.5 Å². The van der Waals surface area contributed by atoms with E-state index in [1.807, 2.05) is 12.3 Å². The number of piperidine rings is 1. The predicted octanol–water partition coefficient (Wildman–Crippen LogP) is 1.25. The van der Waals surface area contributed by atoms with Crippen molar-refractivity contribution in [2.45, 2.75) is 25.2 Å². The molecule has 0 aliphatic carbocycles. The smallest absolute Gasteiger partial charge is 0.220 e. The topological polar surface area (TPSA) is 42.0 Å². The molecule has 0 bridgehead atoms. The maximum atomic E-state index is 11.1. The quantitative estimate of drug-likeness (QED) is 0.724. The van der Waals surface area contributed by atoms with E-state index in [0.29, 0.717) is 6.42 Å². The molecule has 1 saturated heterocycles. The number of amides is 1. The Morgan fingerprint density at radius 1 is 1.57 bits per heavy atom.